The topological polar surface area (TPSA) is 55.9 Å². The van der Waals surface area contributed by atoms with Crippen LogP contribution in [0.25, 0.3) is 0 Å². The summed E-state index contributed by atoms with van der Waals surface area (Å²) >= 11 is 0. The van der Waals surface area contributed by atoms with Crippen LogP contribution in [0.1, 0.15) is 44.5 Å². The highest BCUT2D eigenvalue weighted by molar-refractivity contribution is 5.94. The molecule has 0 aliphatic carbocycles. The van der Waals surface area contributed by atoms with E-state index >= 15 is 0 Å². The van der Waals surface area contributed by atoms with Gasteiger partial charge in [-0.3, -0.25) is 14.5 Å². The maximum atomic E-state index is 12.7. The van der Waals surface area contributed by atoms with Crippen LogP contribution in [-0.4, -0.2) is 73.5 Å². The molecule has 1 aliphatic heterocycles. The van der Waals surface area contributed by atoms with Crippen LogP contribution in [-0.2, 0) is 4.79 Å². The van der Waals surface area contributed by atoms with Gasteiger partial charge in [-0.25, -0.2) is 0 Å². The molecule has 1 saturated heterocycles. The summed E-state index contributed by atoms with van der Waals surface area (Å²) in [5.41, 5.74) is 1.88. The van der Waals surface area contributed by atoms with Crippen LogP contribution < -0.4 is 10.2 Å². The van der Waals surface area contributed by atoms with Gasteiger partial charge >= 0.3 is 0 Å². The predicted octanol–water partition coefficient (Wildman–Crippen LogP) is 2.21. The number of nitrogens with zero attached hydrogens (tertiary/aromatic N) is 3. The fourth-order valence-electron chi connectivity index (χ4n) is 3.32. The number of hydrogen-bond acceptors (Lipinski definition) is 4. The molecule has 1 heterocycles. The molecule has 150 valence electrons. The van der Waals surface area contributed by atoms with Gasteiger partial charge in [0.1, 0.15) is 0 Å². The number of hydrogen-bond donors (Lipinski definition) is 1. The zero-order chi connectivity index (χ0) is 19.8. The van der Waals surface area contributed by atoms with E-state index in [4.69, 9.17) is 0 Å². The molecule has 1 atom stereocenters. The number of piperazine rings is 1. The number of benzene rings is 1. The Hall–Kier alpha value is -2.08. The predicted molar refractivity (Wildman–Crippen MR) is 110 cm³/mol. The van der Waals surface area contributed by atoms with Crippen LogP contribution in [0.3, 0.4) is 0 Å². The molecule has 6 nitrogen and oxygen atoms in total. The molecule has 1 aliphatic rings. The summed E-state index contributed by atoms with van der Waals surface area (Å²) in [5, 5.41) is 3.00. The van der Waals surface area contributed by atoms with E-state index < -0.39 is 0 Å². The van der Waals surface area contributed by atoms with E-state index in [0.29, 0.717) is 19.6 Å². The van der Waals surface area contributed by atoms with Crippen molar-refractivity contribution in [1.82, 2.24) is 15.1 Å². The third-order valence-electron chi connectivity index (χ3n) is 5.29. The minimum absolute atomic E-state index is 0.0658. The van der Waals surface area contributed by atoms with Crippen molar-refractivity contribution in [1.29, 1.82) is 0 Å². The van der Waals surface area contributed by atoms with Crippen molar-refractivity contribution in [2.45, 2.75) is 40.2 Å². The molecule has 1 aromatic rings. The first-order chi connectivity index (χ1) is 13.0. The average Bonchev–Trinajstić information content (AvgIpc) is 2.69. The van der Waals surface area contributed by atoms with Crippen molar-refractivity contribution in [2.75, 3.05) is 50.7 Å². The fraction of sp³-hybridized carbons (Fsp3) is 0.619. The smallest absolute Gasteiger partial charge is 0.253 e. The first-order valence-electron chi connectivity index (χ1n) is 10.1. The zero-order valence-corrected chi connectivity index (χ0v) is 17.2. The van der Waals surface area contributed by atoms with E-state index in [1.807, 2.05) is 36.1 Å². The standard InChI is InChI=1S/C21H34N4O2/c1-5-17(4)22-20(26)16-23-12-14-25(15-13-23)21(27)18-8-10-19(11-9-18)24(6-2)7-3/h8-11,17H,5-7,12-16H2,1-4H3,(H,22,26). The highest BCUT2D eigenvalue weighted by Crippen LogP contribution is 2.16. The maximum Gasteiger partial charge on any atom is 0.253 e. The minimum atomic E-state index is 0.0658. The number of carbonyl (C=O) groups excluding carboxylic acids is 2. The third kappa shape index (κ3) is 5.96. The molecule has 1 unspecified atom stereocenters. The molecule has 27 heavy (non-hydrogen) atoms. The molecule has 0 bridgehead atoms. The van der Waals surface area contributed by atoms with Gasteiger partial charge in [0.05, 0.1) is 6.54 Å². The second-order valence-electron chi connectivity index (χ2n) is 7.16. The molecule has 2 rings (SSSR count). The number of anilines is 1. The summed E-state index contributed by atoms with van der Waals surface area (Å²) in [5.74, 6) is 0.140. The molecule has 6 heteroatoms. The molecular weight excluding hydrogens is 340 g/mol. The second-order valence-corrected chi connectivity index (χ2v) is 7.16. The Labute approximate surface area is 163 Å². The summed E-state index contributed by atoms with van der Waals surface area (Å²) in [4.78, 5) is 31.0. The number of amides is 2. The average molecular weight is 375 g/mol. The van der Waals surface area contributed by atoms with Gasteiger partial charge in [0.2, 0.25) is 5.91 Å². The molecule has 0 saturated carbocycles. The van der Waals surface area contributed by atoms with Gasteiger partial charge in [0.15, 0.2) is 0 Å². The fourth-order valence-corrected chi connectivity index (χ4v) is 3.32. The lowest BCUT2D eigenvalue weighted by molar-refractivity contribution is -0.123. The Morgan fingerprint density at radius 2 is 1.63 bits per heavy atom. The highest BCUT2D eigenvalue weighted by Gasteiger charge is 2.23. The van der Waals surface area contributed by atoms with Crippen LogP contribution >= 0.6 is 0 Å². The van der Waals surface area contributed by atoms with Crippen molar-refractivity contribution in [2.24, 2.45) is 0 Å². The molecule has 0 aromatic heterocycles. The monoisotopic (exact) mass is 374 g/mol. The van der Waals surface area contributed by atoms with Gasteiger partial charge in [-0.05, 0) is 51.5 Å². The molecule has 1 N–H and O–H groups in total. The first kappa shape index (κ1) is 21.2. The lowest BCUT2D eigenvalue weighted by Crippen LogP contribution is -2.51. The number of carbonyl (C=O) groups is 2. The van der Waals surface area contributed by atoms with Crippen molar-refractivity contribution in [3.8, 4) is 0 Å². The van der Waals surface area contributed by atoms with Crippen LogP contribution in [0.15, 0.2) is 24.3 Å². The van der Waals surface area contributed by atoms with E-state index in [9.17, 15) is 9.59 Å². The Morgan fingerprint density at radius 3 is 2.15 bits per heavy atom. The molecule has 0 spiro atoms. The van der Waals surface area contributed by atoms with Gasteiger partial charge in [-0.2, -0.15) is 0 Å². The highest BCUT2D eigenvalue weighted by atomic mass is 16.2. The third-order valence-corrected chi connectivity index (χ3v) is 5.29. The lowest BCUT2D eigenvalue weighted by atomic mass is 10.1. The van der Waals surface area contributed by atoms with Crippen molar-refractivity contribution < 1.29 is 9.59 Å². The largest absolute Gasteiger partial charge is 0.372 e. The Bertz CT molecular complexity index is 605. The Morgan fingerprint density at radius 1 is 1.04 bits per heavy atom. The van der Waals surface area contributed by atoms with Gasteiger partial charge < -0.3 is 15.1 Å². The van der Waals surface area contributed by atoms with Gasteiger partial charge in [-0.15, -0.1) is 0 Å². The molecule has 1 fully saturated rings. The van der Waals surface area contributed by atoms with E-state index in [1.165, 1.54) is 0 Å². The van der Waals surface area contributed by atoms with Crippen LogP contribution in [0.2, 0.25) is 0 Å². The normalized spacial score (nSPS) is 16.1. The number of rotatable bonds is 8. The Balaban J connectivity index is 1.85. The van der Waals surface area contributed by atoms with Crippen LogP contribution in [0, 0.1) is 0 Å². The second kappa shape index (κ2) is 10.3. The zero-order valence-electron chi connectivity index (χ0n) is 17.2. The van der Waals surface area contributed by atoms with Gasteiger partial charge in [0, 0.05) is 56.6 Å². The van der Waals surface area contributed by atoms with Gasteiger partial charge in [0.25, 0.3) is 5.91 Å². The maximum absolute atomic E-state index is 12.7. The summed E-state index contributed by atoms with van der Waals surface area (Å²) < 4.78 is 0. The quantitative estimate of drug-likeness (QED) is 0.758. The van der Waals surface area contributed by atoms with E-state index in [0.717, 1.165) is 43.9 Å². The molecule has 2 amide bonds. The van der Waals surface area contributed by atoms with E-state index in [1.54, 1.807) is 0 Å². The van der Waals surface area contributed by atoms with Crippen LogP contribution in [0.4, 0.5) is 5.69 Å². The summed E-state index contributed by atoms with van der Waals surface area (Å²) in [6.45, 7) is 13.4. The van der Waals surface area contributed by atoms with Crippen molar-refractivity contribution >= 4 is 17.5 Å². The first-order valence-corrected chi connectivity index (χ1v) is 10.1. The summed E-state index contributed by atoms with van der Waals surface area (Å²) in [6.07, 6.45) is 0.932. The van der Waals surface area contributed by atoms with Crippen molar-refractivity contribution in [3.63, 3.8) is 0 Å². The molecule has 1 aromatic carbocycles. The van der Waals surface area contributed by atoms with Gasteiger partial charge in [-0.1, -0.05) is 6.92 Å². The summed E-state index contributed by atoms with van der Waals surface area (Å²) in [6, 6.07) is 8.09. The lowest BCUT2D eigenvalue weighted by Gasteiger charge is -2.34. The number of nitrogens with one attached hydrogen (secondary N) is 1. The summed E-state index contributed by atoms with van der Waals surface area (Å²) in [7, 11) is 0. The SMILES string of the molecule is CCC(C)NC(=O)CN1CCN(C(=O)c2ccc(N(CC)CC)cc2)CC1. The van der Waals surface area contributed by atoms with Crippen molar-refractivity contribution in [3.05, 3.63) is 29.8 Å². The van der Waals surface area contributed by atoms with Crippen LogP contribution in [0.5, 0.6) is 0 Å². The molecular formula is C21H34N4O2. The van der Waals surface area contributed by atoms with E-state index in [2.05, 4.69) is 35.9 Å². The van der Waals surface area contributed by atoms with E-state index in [-0.39, 0.29) is 17.9 Å². The Kier molecular flexibility index (Phi) is 8.10. The molecule has 0 radical (unpaired) electrons. The minimum Gasteiger partial charge on any atom is -0.372 e.